The third-order valence-corrected chi connectivity index (χ3v) is 4.00. The molecule has 0 saturated carbocycles. The van der Waals surface area contributed by atoms with Crippen LogP contribution in [0.15, 0.2) is 22.7 Å². The topological polar surface area (TPSA) is 46.2 Å². The van der Waals surface area contributed by atoms with Crippen molar-refractivity contribution >= 4 is 25.8 Å². The summed E-state index contributed by atoms with van der Waals surface area (Å²) in [6, 6.07) is 4.49. The molecule has 0 heterocycles. The molecule has 1 N–H and O–H groups in total. The summed E-state index contributed by atoms with van der Waals surface area (Å²) in [6.45, 7) is 1.11. The van der Waals surface area contributed by atoms with E-state index < -0.39 is 9.84 Å². The quantitative estimate of drug-likeness (QED) is 0.816. The van der Waals surface area contributed by atoms with Crippen molar-refractivity contribution in [1.29, 1.82) is 0 Å². The molecule has 3 nitrogen and oxygen atoms in total. The monoisotopic (exact) mass is 323 g/mol. The summed E-state index contributed by atoms with van der Waals surface area (Å²) in [4.78, 5) is 0. The Morgan fingerprint density at radius 3 is 2.76 bits per heavy atom. The van der Waals surface area contributed by atoms with E-state index in [2.05, 4.69) is 21.2 Å². The highest BCUT2D eigenvalue weighted by Crippen LogP contribution is 2.17. The van der Waals surface area contributed by atoms with E-state index in [9.17, 15) is 12.8 Å². The molecule has 0 aromatic heterocycles. The number of hydrogen-bond donors (Lipinski definition) is 1. The maximum atomic E-state index is 13.0. The average molecular weight is 324 g/mol. The van der Waals surface area contributed by atoms with Crippen molar-refractivity contribution in [1.82, 2.24) is 5.32 Å². The van der Waals surface area contributed by atoms with Gasteiger partial charge < -0.3 is 5.32 Å². The lowest BCUT2D eigenvalue weighted by Crippen LogP contribution is -2.18. The highest BCUT2D eigenvalue weighted by molar-refractivity contribution is 9.10. The fourth-order valence-electron chi connectivity index (χ4n) is 1.36. The molecule has 1 rings (SSSR count). The molecule has 1 aromatic carbocycles. The third-order valence-electron chi connectivity index (χ3n) is 2.19. The zero-order valence-corrected chi connectivity index (χ0v) is 11.9. The van der Waals surface area contributed by atoms with E-state index in [1.165, 1.54) is 18.4 Å². The Balaban J connectivity index is 2.34. The van der Waals surface area contributed by atoms with Crippen molar-refractivity contribution < 1.29 is 12.8 Å². The molecule has 17 heavy (non-hydrogen) atoms. The first kappa shape index (κ1) is 14.6. The number of halogens is 2. The predicted octanol–water partition coefficient (Wildman–Crippen LogP) is 2.11. The van der Waals surface area contributed by atoms with Crippen molar-refractivity contribution in [2.45, 2.75) is 13.0 Å². The van der Waals surface area contributed by atoms with E-state index in [-0.39, 0.29) is 11.6 Å². The summed E-state index contributed by atoms with van der Waals surface area (Å²) in [5.41, 5.74) is 0.823. The summed E-state index contributed by atoms with van der Waals surface area (Å²) in [5, 5.41) is 3.08. The Kier molecular flexibility index (Phi) is 5.55. The van der Waals surface area contributed by atoms with Gasteiger partial charge in [-0.3, -0.25) is 0 Å². The summed E-state index contributed by atoms with van der Waals surface area (Å²) < 4.78 is 35.5. The molecule has 0 aliphatic rings. The normalized spacial score (nSPS) is 11.7. The van der Waals surface area contributed by atoms with Crippen molar-refractivity contribution in [3.63, 3.8) is 0 Å². The van der Waals surface area contributed by atoms with E-state index in [0.717, 1.165) is 10.0 Å². The maximum absolute atomic E-state index is 13.0. The van der Waals surface area contributed by atoms with Crippen LogP contribution in [0.1, 0.15) is 12.0 Å². The second kappa shape index (κ2) is 6.47. The van der Waals surface area contributed by atoms with Crippen LogP contribution in [-0.2, 0) is 16.4 Å². The molecule has 0 saturated heterocycles. The molecular weight excluding hydrogens is 309 g/mol. The Labute approximate surface area is 109 Å². The summed E-state index contributed by atoms with van der Waals surface area (Å²) in [6.07, 6.45) is 1.78. The van der Waals surface area contributed by atoms with Gasteiger partial charge in [-0.05, 0) is 36.7 Å². The highest BCUT2D eigenvalue weighted by atomic mass is 79.9. The molecule has 0 aliphatic heterocycles. The van der Waals surface area contributed by atoms with Gasteiger partial charge in [-0.25, -0.2) is 12.8 Å². The minimum Gasteiger partial charge on any atom is -0.313 e. The van der Waals surface area contributed by atoms with Gasteiger partial charge in [0, 0.05) is 17.3 Å². The van der Waals surface area contributed by atoms with Crippen LogP contribution in [0, 0.1) is 5.82 Å². The second-order valence-corrected chi connectivity index (χ2v) is 7.01. The van der Waals surface area contributed by atoms with E-state index >= 15 is 0 Å². The summed E-state index contributed by atoms with van der Waals surface area (Å²) in [7, 11) is -2.89. The van der Waals surface area contributed by atoms with Crippen molar-refractivity contribution in [3.8, 4) is 0 Å². The molecule has 0 radical (unpaired) electrons. The van der Waals surface area contributed by atoms with E-state index in [1.54, 1.807) is 6.07 Å². The molecule has 96 valence electrons. The van der Waals surface area contributed by atoms with Gasteiger partial charge in [0.15, 0.2) is 0 Å². The number of benzene rings is 1. The first-order valence-electron chi connectivity index (χ1n) is 5.21. The van der Waals surface area contributed by atoms with Crippen LogP contribution in [-0.4, -0.2) is 27.0 Å². The Morgan fingerprint density at radius 1 is 1.41 bits per heavy atom. The van der Waals surface area contributed by atoms with Crippen LogP contribution in [0.2, 0.25) is 0 Å². The largest absolute Gasteiger partial charge is 0.313 e. The molecule has 0 atom stereocenters. The lowest BCUT2D eigenvalue weighted by molar-refractivity contribution is 0.593. The molecule has 0 fully saturated rings. The van der Waals surface area contributed by atoms with Gasteiger partial charge in [0.25, 0.3) is 0 Å². The smallest absolute Gasteiger partial charge is 0.147 e. The Morgan fingerprint density at radius 2 is 2.12 bits per heavy atom. The van der Waals surface area contributed by atoms with Gasteiger partial charge in [-0.1, -0.05) is 15.9 Å². The average Bonchev–Trinajstić information content (AvgIpc) is 2.21. The summed E-state index contributed by atoms with van der Waals surface area (Å²) in [5.74, 6) is -0.106. The van der Waals surface area contributed by atoms with Gasteiger partial charge in [0.05, 0.1) is 5.75 Å². The van der Waals surface area contributed by atoms with E-state index in [4.69, 9.17) is 0 Å². The predicted molar refractivity (Wildman–Crippen MR) is 70.1 cm³/mol. The lowest BCUT2D eigenvalue weighted by atomic mass is 10.2. The van der Waals surface area contributed by atoms with Crippen LogP contribution in [0.3, 0.4) is 0 Å². The minimum absolute atomic E-state index is 0.171. The lowest BCUT2D eigenvalue weighted by Gasteiger charge is -2.06. The fourth-order valence-corrected chi connectivity index (χ4v) is 2.42. The molecule has 0 unspecified atom stereocenters. The molecule has 0 aliphatic carbocycles. The van der Waals surface area contributed by atoms with Crippen molar-refractivity contribution in [2.24, 2.45) is 0 Å². The van der Waals surface area contributed by atoms with Gasteiger partial charge >= 0.3 is 0 Å². The first-order valence-corrected chi connectivity index (χ1v) is 8.06. The molecule has 6 heteroatoms. The highest BCUT2D eigenvalue weighted by Gasteiger charge is 2.03. The van der Waals surface area contributed by atoms with E-state index in [1.807, 2.05) is 0 Å². The number of rotatable bonds is 6. The number of nitrogens with one attached hydrogen (secondary N) is 1. The molecule has 0 spiro atoms. The van der Waals surface area contributed by atoms with Gasteiger partial charge in [-0.2, -0.15) is 0 Å². The minimum atomic E-state index is -2.89. The molecular formula is C11H15BrFNO2S. The Hall–Kier alpha value is -0.460. The van der Waals surface area contributed by atoms with Gasteiger partial charge in [-0.15, -0.1) is 0 Å². The zero-order valence-electron chi connectivity index (χ0n) is 9.54. The summed E-state index contributed by atoms with van der Waals surface area (Å²) >= 11 is 3.33. The number of hydrogen-bond acceptors (Lipinski definition) is 3. The van der Waals surface area contributed by atoms with Crippen molar-refractivity contribution in [2.75, 3.05) is 18.6 Å². The van der Waals surface area contributed by atoms with E-state index in [0.29, 0.717) is 19.5 Å². The van der Waals surface area contributed by atoms with Crippen LogP contribution in [0.25, 0.3) is 0 Å². The van der Waals surface area contributed by atoms with Gasteiger partial charge in [0.1, 0.15) is 15.7 Å². The molecule has 0 bridgehead atoms. The number of sulfone groups is 1. The Bertz CT molecular complexity index is 476. The van der Waals surface area contributed by atoms with Crippen LogP contribution >= 0.6 is 15.9 Å². The van der Waals surface area contributed by atoms with Crippen LogP contribution in [0.4, 0.5) is 4.39 Å². The van der Waals surface area contributed by atoms with Gasteiger partial charge in [0.2, 0.25) is 0 Å². The second-order valence-electron chi connectivity index (χ2n) is 3.90. The fraction of sp³-hybridized carbons (Fsp3) is 0.455. The third kappa shape index (κ3) is 6.14. The van der Waals surface area contributed by atoms with Crippen molar-refractivity contribution in [3.05, 3.63) is 34.1 Å². The first-order chi connectivity index (χ1) is 7.88. The van der Waals surface area contributed by atoms with Crippen LogP contribution < -0.4 is 5.32 Å². The zero-order chi connectivity index (χ0) is 12.9. The standard InChI is InChI=1S/C11H15BrFNO2S/c1-17(15,16)6-2-5-14-8-9-7-10(13)3-4-11(9)12/h3-4,7,14H,2,5-6,8H2,1H3. The van der Waals surface area contributed by atoms with Crippen LogP contribution in [0.5, 0.6) is 0 Å². The maximum Gasteiger partial charge on any atom is 0.147 e. The SMILES string of the molecule is CS(=O)(=O)CCCNCc1cc(F)ccc1Br. The molecule has 1 aromatic rings. The molecule has 0 amide bonds.